The van der Waals surface area contributed by atoms with Crippen LogP contribution in [-0.4, -0.2) is 23.0 Å². The fourth-order valence-corrected chi connectivity index (χ4v) is 2.49. The van der Waals surface area contributed by atoms with Gasteiger partial charge in [0.1, 0.15) is 0 Å². The van der Waals surface area contributed by atoms with Crippen LogP contribution in [-0.2, 0) is 4.74 Å². The number of rotatable bonds is 3. The molecule has 1 fully saturated rings. The Morgan fingerprint density at radius 2 is 1.89 bits per heavy atom. The summed E-state index contributed by atoms with van der Waals surface area (Å²) in [6.07, 6.45) is 2.01. The van der Waals surface area contributed by atoms with Crippen molar-refractivity contribution in [2.45, 2.75) is 26.8 Å². The standard InChI is InChI=1S/C15H19N3O/c1-10-6-11(2)15(12(3)7-10)16-14-4-5-18(17-14)13-8-19-9-13/h4-7,13H,8-9H2,1-3H3,(H,16,17). The molecule has 1 N–H and O–H groups in total. The first kappa shape index (κ1) is 12.2. The molecule has 0 unspecified atom stereocenters. The van der Waals surface area contributed by atoms with Crippen LogP contribution in [0.1, 0.15) is 22.7 Å². The van der Waals surface area contributed by atoms with E-state index in [2.05, 4.69) is 43.3 Å². The highest BCUT2D eigenvalue weighted by Crippen LogP contribution is 2.26. The van der Waals surface area contributed by atoms with E-state index >= 15 is 0 Å². The molecule has 2 heterocycles. The Kier molecular flexibility index (Phi) is 3.03. The SMILES string of the molecule is Cc1cc(C)c(Nc2ccn(C3COC3)n2)c(C)c1. The predicted molar refractivity (Wildman–Crippen MR) is 76.0 cm³/mol. The van der Waals surface area contributed by atoms with Crippen LogP contribution in [0.15, 0.2) is 24.4 Å². The number of aryl methyl sites for hydroxylation is 3. The van der Waals surface area contributed by atoms with Crippen LogP contribution in [0, 0.1) is 20.8 Å². The molecule has 0 spiro atoms. The van der Waals surface area contributed by atoms with Gasteiger partial charge in [-0.3, -0.25) is 4.68 Å². The number of nitrogens with one attached hydrogen (secondary N) is 1. The van der Waals surface area contributed by atoms with E-state index in [9.17, 15) is 0 Å². The van der Waals surface area contributed by atoms with Crippen molar-refractivity contribution in [1.29, 1.82) is 0 Å². The lowest BCUT2D eigenvalue weighted by Crippen LogP contribution is -2.30. The third-order valence-corrected chi connectivity index (χ3v) is 3.53. The Morgan fingerprint density at radius 1 is 1.21 bits per heavy atom. The van der Waals surface area contributed by atoms with Gasteiger partial charge in [0, 0.05) is 18.0 Å². The van der Waals surface area contributed by atoms with Crippen molar-refractivity contribution in [2.24, 2.45) is 0 Å². The molecule has 100 valence electrons. The van der Waals surface area contributed by atoms with Gasteiger partial charge < -0.3 is 10.1 Å². The molecule has 0 bridgehead atoms. The van der Waals surface area contributed by atoms with Crippen LogP contribution in [0.3, 0.4) is 0 Å². The van der Waals surface area contributed by atoms with Crippen molar-refractivity contribution >= 4 is 11.5 Å². The van der Waals surface area contributed by atoms with E-state index in [-0.39, 0.29) is 0 Å². The van der Waals surface area contributed by atoms with Crippen LogP contribution in [0.4, 0.5) is 11.5 Å². The summed E-state index contributed by atoms with van der Waals surface area (Å²) in [5.41, 5.74) is 4.94. The maximum Gasteiger partial charge on any atom is 0.152 e. The Labute approximate surface area is 113 Å². The Bertz CT molecular complexity index is 576. The van der Waals surface area contributed by atoms with Crippen LogP contribution < -0.4 is 5.32 Å². The third kappa shape index (κ3) is 2.36. The van der Waals surface area contributed by atoms with Gasteiger partial charge in [0.2, 0.25) is 0 Å². The summed E-state index contributed by atoms with van der Waals surface area (Å²) in [7, 11) is 0. The smallest absolute Gasteiger partial charge is 0.152 e. The summed E-state index contributed by atoms with van der Waals surface area (Å²) in [6.45, 7) is 7.90. The van der Waals surface area contributed by atoms with Gasteiger partial charge in [-0.25, -0.2) is 0 Å². The van der Waals surface area contributed by atoms with Crippen molar-refractivity contribution < 1.29 is 4.74 Å². The topological polar surface area (TPSA) is 39.1 Å². The summed E-state index contributed by atoms with van der Waals surface area (Å²) >= 11 is 0. The molecular formula is C15H19N3O. The second kappa shape index (κ2) is 4.70. The van der Waals surface area contributed by atoms with E-state index < -0.39 is 0 Å². The van der Waals surface area contributed by atoms with Crippen LogP contribution >= 0.6 is 0 Å². The van der Waals surface area contributed by atoms with Gasteiger partial charge in [-0.15, -0.1) is 0 Å². The van der Waals surface area contributed by atoms with Crippen molar-refractivity contribution in [3.8, 4) is 0 Å². The number of aromatic nitrogens is 2. The minimum Gasteiger partial charge on any atom is -0.377 e. The summed E-state index contributed by atoms with van der Waals surface area (Å²) in [5, 5.41) is 7.98. The second-order valence-electron chi connectivity index (χ2n) is 5.27. The average molecular weight is 257 g/mol. The first-order chi connectivity index (χ1) is 9.13. The number of hydrogen-bond donors (Lipinski definition) is 1. The Balaban J connectivity index is 1.83. The molecule has 1 saturated heterocycles. The fourth-order valence-electron chi connectivity index (χ4n) is 2.49. The van der Waals surface area contributed by atoms with Gasteiger partial charge in [-0.2, -0.15) is 5.10 Å². The van der Waals surface area contributed by atoms with Gasteiger partial charge in [0.15, 0.2) is 5.82 Å². The number of benzene rings is 1. The lowest BCUT2D eigenvalue weighted by Gasteiger charge is -2.25. The van der Waals surface area contributed by atoms with Gasteiger partial charge in [-0.1, -0.05) is 17.7 Å². The monoisotopic (exact) mass is 257 g/mol. The Morgan fingerprint density at radius 3 is 2.47 bits per heavy atom. The number of hydrogen-bond acceptors (Lipinski definition) is 3. The molecular weight excluding hydrogens is 238 g/mol. The quantitative estimate of drug-likeness (QED) is 0.918. The van der Waals surface area contributed by atoms with Gasteiger partial charge in [-0.05, 0) is 31.9 Å². The fraction of sp³-hybridized carbons (Fsp3) is 0.400. The summed E-state index contributed by atoms with van der Waals surface area (Å²) in [4.78, 5) is 0. The van der Waals surface area contributed by atoms with E-state index in [1.807, 2.05) is 16.9 Å². The molecule has 4 nitrogen and oxygen atoms in total. The maximum absolute atomic E-state index is 5.19. The van der Waals surface area contributed by atoms with Gasteiger partial charge >= 0.3 is 0 Å². The van der Waals surface area contributed by atoms with Crippen LogP contribution in [0.2, 0.25) is 0 Å². The lowest BCUT2D eigenvalue weighted by atomic mass is 10.1. The van der Waals surface area contributed by atoms with Crippen molar-refractivity contribution in [2.75, 3.05) is 18.5 Å². The molecule has 0 aliphatic carbocycles. The summed E-state index contributed by atoms with van der Waals surface area (Å²) in [5.74, 6) is 0.891. The molecule has 0 radical (unpaired) electrons. The highest BCUT2D eigenvalue weighted by Gasteiger charge is 2.21. The number of ether oxygens (including phenoxy) is 1. The molecule has 1 aliphatic heterocycles. The van der Waals surface area contributed by atoms with Crippen molar-refractivity contribution in [1.82, 2.24) is 9.78 Å². The Hall–Kier alpha value is -1.81. The first-order valence-electron chi connectivity index (χ1n) is 6.61. The summed E-state index contributed by atoms with van der Waals surface area (Å²) < 4.78 is 7.16. The zero-order valence-electron chi connectivity index (χ0n) is 11.6. The van der Waals surface area contributed by atoms with Crippen molar-refractivity contribution in [3.63, 3.8) is 0 Å². The van der Waals surface area contributed by atoms with Gasteiger partial charge in [0.05, 0.1) is 19.3 Å². The molecule has 1 aromatic carbocycles. The van der Waals surface area contributed by atoms with E-state index in [1.54, 1.807) is 0 Å². The number of nitrogens with zero attached hydrogens (tertiary/aromatic N) is 2. The van der Waals surface area contributed by atoms with E-state index in [1.165, 1.54) is 16.7 Å². The molecule has 3 rings (SSSR count). The zero-order valence-corrected chi connectivity index (χ0v) is 11.6. The normalized spacial score (nSPS) is 15.3. The second-order valence-corrected chi connectivity index (χ2v) is 5.27. The molecule has 4 heteroatoms. The lowest BCUT2D eigenvalue weighted by molar-refractivity contribution is -0.0285. The molecule has 0 saturated carbocycles. The minimum atomic E-state index is 0.399. The van der Waals surface area contributed by atoms with Gasteiger partial charge in [0.25, 0.3) is 0 Å². The van der Waals surface area contributed by atoms with E-state index in [4.69, 9.17) is 4.74 Å². The minimum absolute atomic E-state index is 0.399. The number of anilines is 2. The molecule has 19 heavy (non-hydrogen) atoms. The highest BCUT2D eigenvalue weighted by molar-refractivity contribution is 5.65. The molecule has 0 amide bonds. The molecule has 1 aromatic heterocycles. The first-order valence-corrected chi connectivity index (χ1v) is 6.61. The summed E-state index contributed by atoms with van der Waals surface area (Å²) in [6, 6.07) is 6.78. The van der Waals surface area contributed by atoms with E-state index in [0.717, 1.165) is 24.7 Å². The molecule has 2 aromatic rings. The van der Waals surface area contributed by atoms with Crippen LogP contribution in [0.5, 0.6) is 0 Å². The largest absolute Gasteiger partial charge is 0.377 e. The average Bonchev–Trinajstić information content (AvgIpc) is 2.69. The molecule has 0 atom stereocenters. The van der Waals surface area contributed by atoms with Crippen molar-refractivity contribution in [3.05, 3.63) is 41.1 Å². The predicted octanol–water partition coefficient (Wildman–Crippen LogP) is 3.12. The highest BCUT2D eigenvalue weighted by atomic mass is 16.5. The zero-order chi connectivity index (χ0) is 13.4. The van der Waals surface area contributed by atoms with Crippen LogP contribution in [0.25, 0.3) is 0 Å². The maximum atomic E-state index is 5.19. The molecule has 1 aliphatic rings. The van der Waals surface area contributed by atoms with E-state index in [0.29, 0.717) is 6.04 Å². The third-order valence-electron chi connectivity index (χ3n) is 3.53.